The van der Waals surface area contributed by atoms with E-state index in [1.807, 2.05) is 24.3 Å². The Morgan fingerprint density at radius 1 is 1.24 bits per heavy atom. The molecule has 0 saturated heterocycles. The van der Waals surface area contributed by atoms with Crippen molar-refractivity contribution in [2.75, 3.05) is 0 Å². The number of benzene rings is 1. The molecule has 8 heteroatoms. The third kappa shape index (κ3) is 4.26. The van der Waals surface area contributed by atoms with Crippen molar-refractivity contribution in [2.24, 2.45) is 0 Å². The van der Waals surface area contributed by atoms with Gasteiger partial charge in [0.15, 0.2) is 0 Å². The predicted octanol–water partition coefficient (Wildman–Crippen LogP) is 4.30. The van der Waals surface area contributed by atoms with Crippen molar-refractivity contribution in [3.8, 4) is 0 Å². The van der Waals surface area contributed by atoms with E-state index in [2.05, 4.69) is 41.6 Å². The molecule has 0 spiro atoms. The third-order valence-corrected chi connectivity index (χ3v) is 5.64. The fourth-order valence-electron chi connectivity index (χ4n) is 1.73. The molecule has 0 fully saturated rings. The molecule has 1 aromatic carbocycles. The highest BCUT2D eigenvalue weighted by atomic mass is 79.9. The van der Waals surface area contributed by atoms with Crippen LogP contribution in [0.4, 0.5) is 0 Å². The number of sulfonamides is 1. The molecule has 0 saturated carbocycles. The second-order valence-corrected chi connectivity index (χ2v) is 8.21. The van der Waals surface area contributed by atoms with Crippen molar-refractivity contribution in [1.82, 2.24) is 9.71 Å². The fourth-order valence-corrected chi connectivity index (χ4v) is 4.33. The molecule has 0 aliphatic rings. The van der Waals surface area contributed by atoms with E-state index in [1.165, 1.54) is 12.3 Å². The largest absolute Gasteiger partial charge is 0.244 e. The van der Waals surface area contributed by atoms with E-state index in [1.54, 1.807) is 6.92 Å². The van der Waals surface area contributed by atoms with Gasteiger partial charge in [0.05, 0.1) is 0 Å². The van der Waals surface area contributed by atoms with Crippen LogP contribution in [0.2, 0.25) is 5.15 Å². The standard InChI is InChI=1S/C13H11Br2ClN2O2S/c1-8(9-3-2-4-10(14)5-9)18-21(19,20)12-6-11(15)7-17-13(12)16/h2-8,18H,1H3. The van der Waals surface area contributed by atoms with Crippen molar-refractivity contribution in [3.05, 3.63) is 56.2 Å². The molecular formula is C13H11Br2ClN2O2S. The molecule has 2 rings (SSSR count). The van der Waals surface area contributed by atoms with Crippen LogP contribution in [-0.4, -0.2) is 13.4 Å². The van der Waals surface area contributed by atoms with Crippen LogP contribution in [-0.2, 0) is 10.0 Å². The van der Waals surface area contributed by atoms with E-state index in [0.29, 0.717) is 4.47 Å². The van der Waals surface area contributed by atoms with Crippen molar-refractivity contribution >= 4 is 53.5 Å². The lowest BCUT2D eigenvalue weighted by Crippen LogP contribution is -2.27. The maximum Gasteiger partial charge on any atom is 0.244 e. The fraction of sp³-hybridized carbons (Fsp3) is 0.154. The third-order valence-electron chi connectivity index (χ3n) is 2.74. The molecule has 1 heterocycles. The number of halogens is 3. The summed E-state index contributed by atoms with van der Waals surface area (Å²) in [6, 6.07) is 8.44. The van der Waals surface area contributed by atoms with Gasteiger partial charge >= 0.3 is 0 Å². The lowest BCUT2D eigenvalue weighted by molar-refractivity contribution is 0.566. The van der Waals surface area contributed by atoms with Crippen LogP contribution in [0.1, 0.15) is 18.5 Å². The van der Waals surface area contributed by atoms with Gasteiger partial charge in [0, 0.05) is 21.2 Å². The molecule has 0 aliphatic heterocycles. The molecular weight excluding hydrogens is 443 g/mol. The first kappa shape index (κ1) is 16.9. The molecule has 1 N–H and O–H groups in total. The van der Waals surface area contributed by atoms with E-state index in [9.17, 15) is 8.42 Å². The molecule has 0 aliphatic carbocycles. The Bertz CT molecular complexity index is 769. The highest BCUT2D eigenvalue weighted by molar-refractivity contribution is 9.10. The van der Waals surface area contributed by atoms with Crippen molar-refractivity contribution in [2.45, 2.75) is 17.9 Å². The van der Waals surface area contributed by atoms with Crippen LogP contribution >= 0.6 is 43.5 Å². The van der Waals surface area contributed by atoms with Crippen molar-refractivity contribution < 1.29 is 8.42 Å². The van der Waals surface area contributed by atoms with E-state index in [-0.39, 0.29) is 10.0 Å². The SMILES string of the molecule is CC(NS(=O)(=O)c1cc(Br)cnc1Cl)c1cccc(Br)c1. The highest BCUT2D eigenvalue weighted by Gasteiger charge is 2.22. The van der Waals surface area contributed by atoms with E-state index >= 15 is 0 Å². The molecule has 112 valence electrons. The summed E-state index contributed by atoms with van der Waals surface area (Å²) in [5.41, 5.74) is 0.840. The van der Waals surface area contributed by atoms with Gasteiger partial charge in [0.2, 0.25) is 10.0 Å². The summed E-state index contributed by atoms with van der Waals surface area (Å²) in [4.78, 5) is 3.78. The number of pyridine rings is 1. The van der Waals surface area contributed by atoms with E-state index in [0.717, 1.165) is 10.0 Å². The minimum atomic E-state index is -3.76. The molecule has 0 amide bonds. The van der Waals surface area contributed by atoms with Gasteiger partial charge in [-0.3, -0.25) is 0 Å². The van der Waals surface area contributed by atoms with Gasteiger partial charge in [0.25, 0.3) is 0 Å². The van der Waals surface area contributed by atoms with Crippen LogP contribution < -0.4 is 4.72 Å². The number of rotatable bonds is 4. The lowest BCUT2D eigenvalue weighted by Gasteiger charge is -2.15. The normalized spacial score (nSPS) is 13.1. The van der Waals surface area contributed by atoms with Crippen molar-refractivity contribution in [1.29, 1.82) is 0 Å². The minimum absolute atomic E-state index is 0.0552. The second kappa shape index (κ2) is 6.75. The van der Waals surface area contributed by atoms with Crippen LogP contribution in [0.3, 0.4) is 0 Å². The Hall–Kier alpha value is -0.470. The average molecular weight is 455 g/mol. The topological polar surface area (TPSA) is 59.1 Å². The average Bonchev–Trinajstić information content (AvgIpc) is 2.41. The summed E-state index contributed by atoms with van der Waals surface area (Å²) in [6.07, 6.45) is 1.44. The number of nitrogens with one attached hydrogen (secondary N) is 1. The molecule has 1 atom stereocenters. The lowest BCUT2D eigenvalue weighted by atomic mass is 10.1. The van der Waals surface area contributed by atoms with Crippen LogP contribution in [0, 0.1) is 0 Å². The first-order chi connectivity index (χ1) is 9.79. The first-order valence-electron chi connectivity index (χ1n) is 5.88. The van der Waals surface area contributed by atoms with Gasteiger partial charge in [-0.25, -0.2) is 18.1 Å². The molecule has 2 aromatic rings. The Labute approximate surface area is 145 Å². The summed E-state index contributed by atoms with van der Waals surface area (Å²) in [7, 11) is -3.76. The Balaban J connectivity index is 2.31. The maximum absolute atomic E-state index is 12.4. The zero-order valence-corrected chi connectivity index (χ0v) is 15.6. The molecule has 1 aromatic heterocycles. The molecule has 4 nitrogen and oxygen atoms in total. The van der Waals surface area contributed by atoms with Crippen molar-refractivity contribution in [3.63, 3.8) is 0 Å². The first-order valence-corrected chi connectivity index (χ1v) is 9.33. The van der Waals surface area contributed by atoms with Crippen LogP contribution in [0.15, 0.2) is 50.4 Å². The number of aromatic nitrogens is 1. The smallest absolute Gasteiger partial charge is 0.242 e. The Kier molecular flexibility index (Phi) is 5.43. The molecule has 0 radical (unpaired) electrons. The maximum atomic E-state index is 12.4. The zero-order valence-electron chi connectivity index (χ0n) is 10.8. The second-order valence-electron chi connectivity index (χ2n) is 4.34. The van der Waals surface area contributed by atoms with Crippen LogP contribution in [0.25, 0.3) is 0 Å². The highest BCUT2D eigenvalue weighted by Crippen LogP contribution is 2.25. The molecule has 21 heavy (non-hydrogen) atoms. The summed E-state index contributed by atoms with van der Waals surface area (Å²) in [5.74, 6) is 0. The van der Waals surface area contributed by atoms with Gasteiger partial charge in [0.1, 0.15) is 10.0 Å². The van der Waals surface area contributed by atoms with Gasteiger partial charge in [-0.15, -0.1) is 0 Å². The molecule has 0 bridgehead atoms. The van der Waals surface area contributed by atoms with Gasteiger partial charge in [-0.1, -0.05) is 39.7 Å². The Morgan fingerprint density at radius 3 is 2.62 bits per heavy atom. The van der Waals surface area contributed by atoms with Gasteiger partial charge in [-0.2, -0.15) is 0 Å². The quantitative estimate of drug-likeness (QED) is 0.701. The van der Waals surface area contributed by atoms with E-state index < -0.39 is 16.1 Å². The summed E-state index contributed by atoms with van der Waals surface area (Å²) in [5, 5.41) is -0.0628. The number of hydrogen-bond donors (Lipinski definition) is 1. The summed E-state index contributed by atoms with van der Waals surface area (Å²) in [6.45, 7) is 1.76. The monoisotopic (exact) mass is 452 g/mol. The van der Waals surface area contributed by atoms with Gasteiger partial charge < -0.3 is 0 Å². The van der Waals surface area contributed by atoms with E-state index in [4.69, 9.17) is 11.6 Å². The minimum Gasteiger partial charge on any atom is -0.242 e. The number of hydrogen-bond acceptors (Lipinski definition) is 3. The molecule has 1 unspecified atom stereocenters. The number of nitrogens with zero attached hydrogens (tertiary/aromatic N) is 1. The Morgan fingerprint density at radius 2 is 1.95 bits per heavy atom. The van der Waals surface area contributed by atoms with Crippen LogP contribution in [0.5, 0.6) is 0 Å². The zero-order chi connectivity index (χ0) is 15.6. The van der Waals surface area contributed by atoms with Gasteiger partial charge in [-0.05, 0) is 46.6 Å². The summed E-state index contributed by atoms with van der Waals surface area (Å²) < 4.78 is 28.8. The predicted molar refractivity (Wildman–Crippen MR) is 89.8 cm³/mol. The summed E-state index contributed by atoms with van der Waals surface area (Å²) >= 11 is 12.4.